The summed E-state index contributed by atoms with van der Waals surface area (Å²) in [4.78, 5) is 18.7. The highest BCUT2D eigenvalue weighted by atomic mass is 16.5. The van der Waals surface area contributed by atoms with E-state index < -0.39 is 0 Å². The number of hydrogen-bond acceptors (Lipinski definition) is 3. The summed E-state index contributed by atoms with van der Waals surface area (Å²) in [6.45, 7) is 2.07. The van der Waals surface area contributed by atoms with Crippen LogP contribution in [0.25, 0.3) is 10.9 Å². The first-order chi connectivity index (χ1) is 13.8. The molecule has 2 heterocycles. The van der Waals surface area contributed by atoms with Gasteiger partial charge < -0.3 is 15.0 Å². The van der Waals surface area contributed by atoms with Crippen LogP contribution in [0.15, 0.2) is 66.9 Å². The molecule has 144 valence electrons. The maximum absolute atomic E-state index is 12.4. The number of aromatic nitrogens is 1. The van der Waals surface area contributed by atoms with Gasteiger partial charge in [0.2, 0.25) is 0 Å². The SMILES string of the molecule is O=C(NCCc1ccccc1)N1CCC(Oc2cccc3cccnc23)CC1. The van der Waals surface area contributed by atoms with Crippen molar-refractivity contribution in [1.29, 1.82) is 0 Å². The van der Waals surface area contributed by atoms with E-state index in [-0.39, 0.29) is 12.1 Å². The van der Waals surface area contributed by atoms with E-state index in [1.54, 1.807) is 6.20 Å². The number of amides is 2. The fourth-order valence-electron chi connectivity index (χ4n) is 3.60. The number of pyridine rings is 1. The van der Waals surface area contributed by atoms with Crippen molar-refractivity contribution in [3.05, 3.63) is 72.4 Å². The third-order valence-corrected chi connectivity index (χ3v) is 5.15. The average molecular weight is 375 g/mol. The predicted molar refractivity (Wildman–Crippen MR) is 111 cm³/mol. The molecular formula is C23H25N3O2. The number of para-hydroxylation sites is 1. The Hall–Kier alpha value is -3.08. The molecule has 1 N–H and O–H groups in total. The molecule has 0 saturated carbocycles. The van der Waals surface area contributed by atoms with E-state index >= 15 is 0 Å². The molecule has 0 unspecified atom stereocenters. The summed E-state index contributed by atoms with van der Waals surface area (Å²) < 4.78 is 6.21. The normalized spacial score (nSPS) is 14.8. The number of carbonyl (C=O) groups excluding carboxylic acids is 1. The first-order valence-corrected chi connectivity index (χ1v) is 9.87. The molecule has 5 heteroatoms. The standard InChI is InChI=1S/C23H25N3O2/c27-23(25-15-11-18-6-2-1-3-7-18)26-16-12-20(13-17-26)28-21-10-4-8-19-9-5-14-24-22(19)21/h1-10,14,20H,11-13,15-17H2,(H,25,27). The van der Waals surface area contributed by atoms with Gasteiger partial charge in [0.25, 0.3) is 0 Å². The molecule has 0 atom stereocenters. The first kappa shape index (κ1) is 18.3. The van der Waals surface area contributed by atoms with E-state index in [1.165, 1.54) is 5.56 Å². The second kappa shape index (κ2) is 8.74. The van der Waals surface area contributed by atoms with E-state index in [0.717, 1.165) is 35.9 Å². The predicted octanol–water partition coefficient (Wildman–Crippen LogP) is 4.03. The van der Waals surface area contributed by atoms with E-state index in [1.807, 2.05) is 53.4 Å². The molecule has 1 aliphatic rings. The molecule has 2 amide bonds. The van der Waals surface area contributed by atoms with Gasteiger partial charge in [0, 0.05) is 44.1 Å². The van der Waals surface area contributed by atoms with Crippen LogP contribution in [0.1, 0.15) is 18.4 Å². The van der Waals surface area contributed by atoms with Gasteiger partial charge in [-0.25, -0.2) is 4.79 Å². The van der Waals surface area contributed by atoms with Gasteiger partial charge in [-0.1, -0.05) is 48.5 Å². The monoisotopic (exact) mass is 375 g/mol. The van der Waals surface area contributed by atoms with E-state index in [9.17, 15) is 4.79 Å². The molecule has 1 saturated heterocycles. The van der Waals surface area contributed by atoms with Crippen LogP contribution in [-0.4, -0.2) is 41.7 Å². The number of fused-ring (bicyclic) bond motifs is 1. The Morgan fingerprint density at radius 3 is 2.64 bits per heavy atom. The van der Waals surface area contributed by atoms with Crippen molar-refractivity contribution in [1.82, 2.24) is 15.2 Å². The van der Waals surface area contributed by atoms with Gasteiger partial charge in [-0.3, -0.25) is 4.98 Å². The second-order valence-corrected chi connectivity index (χ2v) is 7.10. The van der Waals surface area contributed by atoms with Crippen LogP contribution < -0.4 is 10.1 Å². The molecule has 1 aliphatic heterocycles. The van der Waals surface area contributed by atoms with Crippen LogP contribution in [0.5, 0.6) is 5.75 Å². The zero-order valence-corrected chi connectivity index (χ0v) is 15.9. The van der Waals surface area contributed by atoms with Crippen molar-refractivity contribution >= 4 is 16.9 Å². The van der Waals surface area contributed by atoms with Crippen LogP contribution >= 0.6 is 0 Å². The summed E-state index contributed by atoms with van der Waals surface area (Å²) >= 11 is 0. The lowest BCUT2D eigenvalue weighted by atomic mass is 10.1. The summed E-state index contributed by atoms with van der Waals surface area (Å²) in [6, 6.07) is 20.2. The van der Waals surface area contributed by atoms with Crippen LogP contribution in [-0.2, 0) is 6.42 Å². The molecule has 5 nitrogen and oxygen atoms in total. The number of piperidine rings is 1. The summed E-state index contributed by atoms with van der Waals surface area (Å²) in [5, 5.41) is 4.10. The molecule has 0 radical (unpaired) electrons. The highest BCUT2D eigenvalue weighted by Gasteiger charge is 2.24. The maximum Gasteiger partial charge on any atom is 0.317 e. The summed E-state index contributed by atoms with van der Waals surface area (Å²) in [6.07, 6.45) is 4.41. The Balaban J connectivity index is 1.25. The van der Waals surface area contributed by atoms with Gasteiger partial charge in [-0.05, 0) is 24.1 Å². The quantitative estimate of drug-likeness (QED) is 0.732. The van der Waals surface area contributed by atoms with Crippen molar-refractivity contribution < 1.29 is 9.53 Å². The Morgan fingerprint density at radius 2 is 1.82 bits per heavy atom. The molecular weight excluding hydrogens is 350 g/mol. The molecule has 0 bridgehead atoms. The maximum atomic E-state index is 12.4. The minimum Gasteiger partial charge on any atom is -0.488 e. The van der Waals surface area contributed by atoms with Crippen LogP contribution in [0, 0.1) is 0 Å². The van der Waals surface area contributed by atoms with Crippen molar-refractivity contribution in [2.24, 2.45) is 0 Å². The fourth-order valence-corrected chi connectivity index (χ4v) is 3.60. The van der Waals surface area contributed by atoms with Gasteiger partial charge in [-0.15, -0.1) is 0 Å². The van der Waals surface area contributed by atoms with Crippen molar-refractivity contribution in [3.63, 3.8) is 0 Å². The summed E-state index contributed by atoms with van der Waals surface area (Å²) in [5.41, 5.74) is 2.13. The minimum absolute atomic E-state index is 0.0150. The third kappa shape index (κ3) is 4.42. The molecule has 1 aromatic heterocycles. The lowest BCUT2D eigenvalue weighted by molar-refractivity contribution is 0.112. The van der Waals surface area contributed by atoms with Gasteiger partial charge >= 0.3 is 6.03 Å². The number of nitrogens with zero attached hydrogens (tertiary/aromatic N) is 2. The highest BCUT2D eigenvalue weighted by Crippen LogP contribution is 2.26. The smallest absolute Gasteiger partial charge is 0.317 e. The number of likely N-dealkylation sites (tertiary alicyclic amines) is 1. The number of carbonyl (C=O) groups is 1. The summed E-state index contributed by atoms with van der Waals surface area (Å²) in [5.74, 6) is 0.823. The number of ether oxygens (including phenoxy) is 1. The Kier molecular flexibility index (Phi) is 5.71. The van der Waals surface area contributed by atoms with E-state index in [4.69, 9.17) is 4.74 Å². The van der Waals surface area contributed by atoms with E-state index in [0.29, 0.717) is 19.6 Å². The van der Waals surface area contributed by atoms with Gasteiger partial charge in [0.05, 0.1) is 0 Å². The number of benzene rings is 2. The van der Waals surface area contributed by atoms with Crippen LogP contribution in [0.3, 0.4) is 0 Å². The highest BCUT2D eigenvalue weighted by molar-refractivity contribution is 5.84. The van der Waals surface area contributed by atoms with Crippen LogP contribution in [0.4, 0.5) is 4.79 Å². The lowest BCUT2D eigenvalue weighted by Crippen LogP contribution is -2.46. The van der Waals surface area contributed by atoms with Gasteiger partial charge in [0.15, 0.2) is 0 Å². The van der Waals surface area contributed by atoms with Gasteiger partial charge in [0.1, 0.15) is 17.4 Å². The molecule has 4 rings (SSSR count). The molecule has 0 aliphatic carbocycles. The Bertz CT molecular complexity index is 916. The Morgan fingerprint density at radius 1 is 1.04 bits per heavy atom. The lowest BCUT2D eigenvalue weighted by Gasteiger charge is -2.32. The average Bonchev–Trinajstić information content (AvgIpc) is 2.75. The van der Waals surface area contributed by atoms with Crippen molar-refractivity contribution in [2.45, 2.75) is 25.4 Å². The summed E-state index contributed by atoms with van der Waals surface area (Å²) in [7, 11) is 0. The largest absolute Gasteiger partial charge is 0.488 e. The zero-order valence-electron chi connectivity index (χ0n) is 15.9. The van der Waals surface area contributed by atoms with E-state index in [2.05, 4.69) is 22.4 Å². The number of hydrogen-bond donors (Lipinski definition) is 1. The molecule has 28 heavy (non-hydrogen) atoms. The molecule has 0 spiro atoms. The Labute approximate surface area is 165 Å². The number of urea groups is 1. The van der Waals surface area contributed by atoms with Crippen LogP contribution in [0.2, 0.25) is 0 Å². The minimum atomic E-state index is 0.0150. The second-order valence-electron chi connectivity index (χ2n) is 7.10. The fraction of sp³-hybridized carbons (Fsp3) is 0.304. The van der Waals surface area contributed by atoms with Crippen molar-refractivity contribution in [2.75, 3.05) is 19.6 Å². The van der Waals surface area contributed by atoms with Gasteiger partial charge in [-0.2, -0.15) is 0 Å². The number of rotatable bonds is 5. The third-order valence-electron chi connectivity index (χ3n) is 5.15. The number of nitrogens with one attached hydrogen (secondary N) is 1. The van der Waals surface area contributed by atoms with Crippen molar-refractivity contribution in [3.8, 4) is 5.75 Å². The molecule has 3 aromatic rings. The first-order valence-electron chi connectivity index (χ1n) is 9.87. The topological polar surface area (TPSA) is 54.5 Å². The molecule has 1 fully saturated rings. The molecule has 2 aromatic carbocycles. The zero-order chi connectivity index (χ0) is 19.2.